The van der Waals surface area contributed by atoms with E-state index in [1.54, 1.807) is 0 Å². The summed E-state index contributed by atoms with van der Waals surface area (Å²) in [4.78, 5) is 12.1. The third-order valence-electron chi connectivity index (χ3n) is 5.26. The van der Waals surface area contributed by atoms with Gasteiger partial charge in [-0.05, 0) is 48.3 Å². The van der Waals surface area contributed by atoms with Crippen molar-refractivity contribution in [3.05, 3.63) is 0 Å². The number of hydrogen-bond acceptors (Lipinski definition) is 2. The minimum Gasteiger partial charge on any atom is -0.351 e. The van der Waals surface area contributed by atoms with Crippen LogP contribution in [0.3, 0.4) is 0 Å². The molecule has 0 saturated heterocycles. The van der Waals surface area contributed by atoms with Crippen molar-refractivity contribution in [2.75, 3.05) is 0 Å². The second-order valence-corrected chi connectivity index (χ2v) is 7.37. The molecule has 3 aliphatic carbocycles. The molecule has 0 aromatic carbocycles. The zero-order valence-electron chi connectivity index (χ0n) is 11.1. The molecule has 2 bridgehead atoms. The molecule has 3 N–H and O–H groups in total. The van der Waals surface area contributed by atoms with Crippen LogP contribution in [-0.2, 0) is 4.79 Å². The first-order chi connectivity index (χ1) is 7.89. The van der Waals surface area contributed by atoms with Gasteiger partial charge in [0.25, 0.3) is 0 Å². The maximum absolute atomic E-state index is 12.1. The highest BCUT2D eigenvalue weighted by atomic mass is 16.2. The molecular weight excluding hydrogens is 212 g/mol. The number of rotatable bonds is 2. The van der Waals surface area contributed by atoms with E-state index >= 15 is 0 Å². The monoisotopic (exact) mass is 236 g/mol. The minimum atomic E-state index is -0.388. The fourth-order valence-electron chi connectivity index (χ4n) is 4.17. The highest BCUT2D eigenvalue weighted by Gasteiger charge is 2.65. The van der Waals surface area contributed by atoms with Gasteiger partial charge in [-0.2, -0.15) is 0 Å². The molecule has 3 saturated carbocycles. The molecule has 0 aromatic rings. The van der Waals surface area contributed by atoms with Crippen molar-refractivity contribution in [1.82, 2.24) is 5.32 Å². The smallest absolute Gasteiger partial charge is 0.237 e. The normalized spacial score (nSPS) is 44.4. The van der Waals surface area contributed by atoms with Crippen LogP contribution >= 0.6 is 0 Å². The molecule has 3 fully saturated rings. The van der Waals surface area contributed by atoms with Crippen LogP contribution < -0.4 is 11.1 Å². The average molecular weight is 236 g/mol. The first-order valence-electron chi connectivity index (χ1n) is 6.95. The van der Waals surface area contributed by atoms with Crippen LogP contribution in [0.2, 0.25) is 0 Å². The Bertz CT molecular complexity index is 331. The van der Waals surface area contributed by atoms with Crippen LogP contribution in [0.1, 0.15) is 40.0 Å². The van der Waals surface area contributed by atoms with Gasteiger partial charge in [0.2, 0.25) is 5.91 Å². The van der Waals surface area contributed by atoms with Gasteiger partial charge >= 0.3 is 0 Å². The van der Waals surface area contributed by atoms with Crippen molar-refractivity contribution in [3.63, 3.8) is 0 Å². The van der Waals surface area contributed by atoms with Crippen molar-refractivity contribution >= 4 is 5.91 Å². The Hall–Kier alpha value is -0.570. The van der Waals surface area contributed by atoms with Crippen LogP contribution in [0.25, 0.3) is 0 Å². The highest BCUT2D eigenvalue weighted by molar-refractivity contribution is 5.83. The van der Waals surface area contributed by atoms with Gasteiger partial charge in [0.05, 0.1) is 6.04 Å². The third-order valence-corrected chi connectivity index (χ3v) is 5.26. The maximum atomic E-state index is 12.1. The van der Waals surface area contributed by atoms with Gasteiger partial charge in [-0.15, -0.1) is 0 Å². The molecular formula is C14H24N2O. The molecule has 5 atom stereocenters. The summed E-state index contributed by atoms with van der Waals surface area (Å²) in [5.74, 6) is 3.45. The Kier molecular flexibility index (Phi) is 2.35. The molecule has 3 rings (SSSR count). The van der Waals surface area contributed by atoms with E-state index in [1.165, 1.54) is 19.3 Å². The third kappa shape index (κ3) is 1.70. The van der Waals surface area contributed by atoms with E-state index in [1.807, 2.05) is 20.8 Å². The summed E-state index contributed by atoms with van der Waals surface area (Å²) in [6.07, 6.45) is 4.21. The first-order valence-corrected chi connectivity index (χ1v) is 6.95. The van der Waals surface area contributed by atoms with Gasteiger partial charge in [0.15, 0.2) is 0 Å². The summed E-state index contributed by atoms with van der Waals surface area (Å²) >= 11 is 0. The van der Waals surface area contributed by atoms with Crippen molar-refractivity contribution < 1.29 is 4.79 Å². The molecule has 96 valence electrons. The van der Waals surface area contributed by atoms with Crippen molar-refractivity contribution in [3.8, 4) is 0 Å². The standard InChI is InChI=1S/C14H24N2O/c1-14(2,3)12(15)13(17)16-11-9-7-4-5-8(6-7)10(9)11/h7-12H,4-6,15H2,1-3H3,(H,16,17). The Morgan fingerprint density at radius 2 is 1.76 bits per heavy atom. The summed E-state index contributed by atoms with van der Waals surface area (Å²) < 4.78 is 0. The molecule has 0 aliphatic heterocycles. The van der Waals surface area contributed by atoms with Crippen LogP contribution in [0, 0.1) is 29.1 Å². The Balaban J connectivity index is 1.58. The summed E-state index contributed by atoms with van der Waals surface area (Å²) in [5, 5.41) is 3.20. The van der Waals surface area contributed by atoms with Crippen molar-refractivity contribution in [2.45, 2.75) is 52.1 Å². The van der Waals surface area contributed by atoms with Gasteiger partial charge in [-0.25, -0.2) is 0 Å². The van der Waals surface area contributed by atoms with Crippen molar-refractivity contribution in [1.29, 1.82) is 0 Å². The molecule has 0 spiro atoms. The zero-order valence-corrected chi connectivity index (χ0v) is 11.1. The van der Waals surface area contributed by atoms with E-state index in [0.717, 1.165) is 23.7 Å². The second-order valence-electron chi connectivity index (χ2n) is 7.37. The van der Waals surface area contributed by atoms with E-state index in [9.17, 15) is 4.79 Å². The molecule has 5 unspecified atom stereocenters. The predicted octanol–water partition coefficient (Wildman–Crippen LogP) is 1.52. The molecule has 0 radical (unpaired) electrons. The lowest BCUT2D eigenvalue weighted by molar-refractivity contribution is -0.124. The predicted molar refractivity (Wildman–Crippen MR) is 67.2 cm³/mol. The van der Waals surface area contributed by atoms with E-state index in [2.05, 4.69) is 5.32 Å². The lowest BCUT2D eigenvalue weighted by atomic mass is 9.87. The number of fused-ring (bicyclic) bond motifs is 5. The Morgan fingerprint density at radius 1 is 1.24 bits per heavy atom. The van der Waals surface area contributed by atoms with Gasteiger partial charge < -0.3 is 11.1 Å². The quantitative estimate of drug-likeness (QED) is 0.764. The highest BCUT2D eigenvalue weighted by Crippen LogP contribution is 2.65. The van der Waals surface area contributed by atoms with Crippen LogP contribution in [-0.4, -0.2) is 18.0 Å². The first kappa shape index (κ1) is 11.5. The number of carbonyl (C=O) groups is 1. The maximum Gasteiger partial charge on any atom is 0.237 e. The van der Waals surface area contributed by atoms with Crippen LogP contribution in [0.4, 0.5) is 0 Å². The number of nitrogens with two attached hydrogens (primary N) is 1. The van der Waals surface area contributed by atoms with Crippen molar-refractivity contribution in [2.24, 2.45) is 34.8 Å². The molecule has 0 aromatic heterocycles. The number of amides is 1. The molecule has 1 amide bonds. The summed E-state index contributed by atoms with van der Waals surface area (Å²) in [6.45, 7) is 6.07. The van der Waals surface area contributed by atoms with E-state index in [4.69, 9.17) is 5.73 Å². The minimum absolute atomic E-state index is 0.0521. The summed E-state index contributed by atoms with van der Waals surface area (Å²) in [5.41, 5.74) is 5.85. The number of nitrogens with one attached hydrogen (secondary N) is 1. The summed E-state index contributed by atoms with van der Waals surface area (Å²) in [7, 11) is 0. The molecule has 0 heterocycles. The van der Waals surface area contributed by atoms with Crippen LogP contribution in [0.5, 0.6) is 0 Å². The van der Waals surface area contributed by atoms with Gasteiger partial charge in [-0.3, -0.25) is 4.79 Å². The molecule has 3 heteroatoms. The van der Waals surface area contributed by atoms with E-state index < -0.39 is 0 Å². The molecule has 3 aliphatic rings. The van der Waals surface area contributed by atoms with Gasteiger partial charge in [-0.1, -0.05) is 20.8 Å². The largest absolute Gasteiger partial charge is 0.351 e. The fourth-order valence-corrected chi connectivity index (χ4v) is 4.17. The number of carbonyl (C=O) groups excluding carboxylic acids is 1. The number of hydrogen-bond donors (Lipinski definition) is 2. The summed E-state index contributed by atoms with van der Waals surface area (Å²) in [6, 6.07) is 0.0728. The van der Waals surface area contributed by atoms with Gasteiger partial charge in [0.1, 0.15) is 0 Å². The van der Waals surface area contributed by atoms with Gasteiger partial charge in [0, 0.05) is 6.04 Å². The van der Waals surface area contributed by atoms with E-state index in [-0.39, 0.29) is 17.4 Å². The topological polar surface area (TPSA) is 55.1 Å². The SMILES string of the molecule is CC(C)(C)C(N)C(=O)NC1C2C3CCC(C3)C12. The average Bonchev–Trinajstić information content (AvgIpc) is 2.67. The fraction of sp³-hybridized carbons (Fsp3) is 0.929. The lowest BCUT2D eigenvalue weighted by Crippen LogP contribution is -2.49. The van der Waals surface area contributed by atoms with Crippen LogP contribution in [0.15, 0.2) is 0 Å². The van der Waals surface area contributed by atoms with E-state index in [0.29, 0.717) is 6.04 Å². The Labute approximate surface area is 104 Å². The molecule has 17 heavy (non-hydrogen) atoms. The lowest BCUT2D eigenvalue weighted by Gasteiger charge is -2.26. The second kappa shape index (κ2) is 3.47. The Morgan fingerprint density at radius 3 is 2.24 bits per heavy atom. The molecule has 3 nitrogen and oxygen atoms in total. The zero-order chi connectivity index (χ0) is 12.4.